The van der Waals surface area contributed by atoms with E-state index in [0.717, 1.165) is 12.8 Å². The summed E-state index contributed by atoms with van der Waals surface area (Å²) in [5, 5.41) is 40.8. The van der Waals surface area contributed by atoms with Gasteiger partial charge in [-0.25, -0.2) is 4.79 Å². The second kappa shape index (κ2) is 15.6. The maximum absolute atomic E-state index is 12.8. The van der Waals surface area contributed by atoms with E-state index in [1.54, 1.807) is 36.4 Å². The van der Waals surface area contributed by atoms with Crippen LogP contribution in [0.2, 0.25) is 10.0 Å². The maximum Gasteiger partial charge on any atom is 0.490 e. The van der Waals surface area contributed by atoms with Gasteiger partial charge in [-0.05, 0) is 48.7 Å². The van der Waals surface area contributed by atoms with Gasteiger partial charge in [-0.3, -0.25) is 9.59 Å². The number of alkyl halides is 3. The number of likely N-dealkylation sites (tertiary alicyclic amines) is 1. The van der Waals surface area contributed by atoms with Gasteiger partial charge in [0.25, 0.3) is 5.91 Å². The van der Waals surface area contributed by atoms with Crippen molar-refractivity contribution < 1.29 is 52.7 Å². The van der Waals surface area contributed by atoms with Crippen LogP contribution in [0.5, 0.6) is 5.75 Å². The van der Waals surface area contributed by atoms with Gasteiger partial charge in [0, 0.05) is 54.6 Å². The first-order chi connectivity index (χ1) is 20.7. The third kappa shape index (κ3) is 9.86. The fraction of sp³-hybridized carbons (Fsp3) is 0.464. The highest BCUT2D eigenvalue weighted by Gasteiger charge is 2.38. The molecule has 5 N–H and O–H groups in total. The molecule has 242 valence electrons. The number of aliphatic hydroxyl groups is 2. The van der Waals surface area contributed by atoms with Crippen molar-refractivity contribution in [2.75, 3.05) is 44.3 Å². The molecule has 0 aromatic heterocycles. The fourth-order valence-corrected chi connectivity index (χ4v) is 5.29. The molecule has 2 fully saturated rings. The summed E-state index contributed by atoms with van der Waals surface area (Å²) in [5.41, 5.74) is 1.77. The molecule has 44 heavy (non-hydrogen) atoms. The van der Waals surface area contributed by atoms with Crippen LogP contribution < -0.4 is 15.0 Å². The summed E-state index contributed by atoms with van der Waals surface area (Å²) in [6.07, 6.45) is -4.45. The Morgan fingerprint density at radius 1 is 1.02 bits per heavy atom. The average Bonchev–Trinajstić information content (AvgIpc) is 3.32. The van der Waals surface area contributed by atoms with Crippen LogP contribution in [0, 0.1) is 0 Å². The van der Waals surface area contributed by atoms with Crippen LogP contribution in [-0.2, 0) is 16.0 Å². The monoisotopic (exact) mass is 665 g/mol. The normalized spacial score (nSPS) is 18.9. The number of ether oxygens (including phenoxy) is 1. The van der Waals surface area contributed by atoms with Crippen LogP contribution >= 0.6 is 23.2 Å². The van der Waals surface area contributed by atoms with E-state index in [0.29, 0.717) is 53.8 Å². The summed E-state index contributed by atoms with van der Waals surface area (Å²) >= 11 is 12.2. The molecule has 11 nitrogen and oxygen atoms in total. The lowest BCUT2D eigenvalue weighted by Crippen LogP contribution is -2.50. The SMILES string of the molecule is O=C(O)C(F)(F)F.O=C(O)Cc1cc(Cl)c(OCCO)cc1N1C[C@H](NC2CCN(C(=O)c3ccc(Cl)cc3)CC2)[C@@H](O)C1. The summed E-state index contributed by atoms with van der Waals surface area (Å²) in [6.45, 7) is 1.89. The van der Waals surface area contributed by atoms with Gasteiger partial charge in [0.1, 0.15) is 12.4 Å². The number of hydrogen-bond acceptors (Lipinski definition) is 8. The topological polar surface area (TPSA) is 160 Å². The van der Waals surface area contributed by atoms with Gasteiger partial charge in [-0.1, -0.05) is 23.2 Å². The van der Waals surface area contributed by atoms with E-state index in [4.69, 9.17) is 42.9 Å². The molecule has 2 heterocycles. The lowest BCUT2D eigenvalue weighted by molar-refractivity contribution is -0.192. The Balaban J connectivity index is 0.000000676. The number of halogens is 5. The third-order valence-corrected chi connectivity index (χ3v) is 7.57. The minimum Gasteiger partial charge on any atom is -0.490 e. The Hall–Kier alpha value is -3.30. The van der Waals surface area contributed by atoms with E-state index in [9.17, 15) is 33.0 Å². The van der Waals surface area contributed by atoms with E-state index in [-0.39, 0.29) is 42.6 Å². The summed E-state index contributed by atoms with van der Waals surface area (Å²) in [6, 6.07) is 10.0. The number of benzene rings is 2. The number of aliphatic hydroxyl groups excluding tert-OH is 2. The number of carbonyl (C=O) groups is 3. The van der Waals surface area contributed by atoms with Crippen molar-refractivity contribution in [2.45, 2.75) is 43.6 Å². The van der Waals surface area contributed by atoms with Crippen molar-refractivity contribution in [1.82, 2.24) is 10.2 Å². The second-order valence-corrected chi connectivity index (χ2v) is 11.0. The zero-order chi connectivity index (χ0) is 32.6. The van der Waals surface area contributed by atoms with Gasteiger partial charge in [0.2, 0.25) is 0 Å². The van der Waals surface area contributed by atoms with Crippen LogP contribution in [0.4, 0.5) is 18.9 Å². The Kier molecular flexibility index (Phi) is 12.5. The molecule has 2 aliphatic rings. The quantitative estimate of drug-likeness (QED) is 0.269. The van der Waals surface area contributed by atoms with Gasteiger partial charge in [-0.15, -0.1) is 0 Å². The number of nitrogens with one attached hydrogen (secondary N) is 1. The predicted octanol–water partition coefficient (Wildman–Crippen LogP) is 3.07. The summed E-state index contributed by atoms with van der Waals surface area (Å²) in [4.78, 5) is 36.9. The number of hydrogen-bond donors (Lipinski definition) is 5. The van der Waals surface area contributed by atoms with E-state index < -0.39 is 24.2 Å². The van der Waals surface area contributed by atoms with Crippen molar-refractivity contribution >= 4 is 46.7 Å². The molecule has 0 radical (unpaired) electrons. The minimum atomic E-state index is -5.08. The molecule has 4 rings (SSSR count). The number of nitrogens with zero attached hydrogens (tertiary/aromatic N) is 2. The number of β-amino-alcohol motifs (C(OH)–C–C–N with tert-alkyl or cyclic N) is 1. The molecular weight excluding hydrogens is 634 g/mol. The molecule has 16 heteroatoms. The molecule has 0 spiro atoms. The standard InChI is InChI=1S/C26H31Cl2N3O6.C2HF3O2/c27-18-3-1-16(2-4-18)26(36)30-7-5-19(6-8-30)29-21-14-31(15-23(21)33)22-13-24(37-10-9-32)20(28)11-17(22)12-25(34)35;3-2(4,5)1(6)7/h1-4,11,13,19,21,23,29,32-33H,5-10,12,14-15H2,(H,34,35);(H,6,7)/t21-,23-;/m0./s1. The number of carboxylic acids is 2. The zero-order valence-electron chi connectivity index (χ0n) is 23.3. The van der Waals surface area contributed by atoms with Crippen LogP contribution in [0.3, 0.4) is 0 Å². The highest BCUT2D eigenvalue weighted by atomic mass is 35.5. The molecule has 0 unspecified atom stereocenters. The first-order valence-electron chi connectivity index (χ1n) is 13.5. The van der Waals surface area contributed by atoms with Crippen LogP contribution in [0.15, 0.2) is 36.4 Å². The smallest absolute Gasteiger partial charge is 0.490 e. The van der Waals surface area contributed by atoms with Crippen LogP contribution in [0.25, 0.3) is 0 Å². The third-order valence-electron chi connectivity index (χ3n) is 7.02. The van der Waals surface area contributed by atoms with Gasteiger partial charge in [-0.2, -0.15) is 13.2 Å². The van der Waals surface area contributed by atoms with Gasteiger partial charge >= 0.3 is 18.1 Å². The number of aliphatic carboxylic acids is 2. The molecule has 0 saturated carbocycles. The molecule has 1 amide bonds. The molecule has 2 atom stereocenters. The predicted molar refractivity (Wildman–Crippen MR) is 155 cm³/mol. The van der Waals surface area contributed by atoms with Crippen molar-refractivity contribution in [1.29, 1.82) is 0 Å². The lowest BCUT2D eigenvalue weighted by Gasteiger charge is -2.34. The van der Waals surface area contributed by atoms with E-state index >= 15 is 0 Å². The Morgan fingerprint density at radius 2 is 1.64 bits per heavy atom. The van der Waals surface area contributed by atoms with Crippen molar-refractivity contribution in [3.05, 3.63) is 57.6 Å². The van der Waals surface area contributed by atoms with Gasteiger partial charge in [0.15, 0.2) is 0 Å². The van der Waals surface area contributed by atoms with E-state index in [1.807, 2.05) is 9.80 Å². The average molecular weight is 666 g/mol. The summed E-state index contributed by atoms with van der Waals surface area (Å²) in [7, 11) is 0. The van der Waals surface area contributed by atoms with Crippen molar-refractivity contribution in [3.8, 4) is 5.75 Å². The Bertz CT molecular complexity index is 1310. The Morgan fingerprint density at radius 3 is 2.18 bits per heavy atom. The highest BCUT2D eigenvalue weighted by Crippen LogP contribution is 2.35. The van der Waals surface area contributed by atoms with E-state index in [2.05, 4.69) is 5.32 Å². The molecule has 2 aromatic carbocycles. The Labute approximate surface area is 260 Å². The lowest BCUT2D eigenvalue weighted by atomic mass is 10.0. The minimum absolute atomic E-state index is 0.0184. The first-order valence-corrected chi connectivity index (χ1v) is 14.3. The van der Waals surface area contributed by atoms with E-state index in [1.165, 1.54) is 0 Å². The molecular formula is C28H32Cl2F3N3O8. The van der Waals surface area contributed by atoms with Gasteiger partial charge in [0.05, 0.1) is 30.2 Å². The molecule has 0 bridgehead atoms. The second-order valence-electron chi connectivity index (χ2n) is 10.2. The van der Waals surface area contributed by atoms with Crippen LogP contribution in [0.1, 0.15) is 28.8 Å². The first kappa shape index (κ1) is 35.2. The largest absolute Gasteiger partial charge is 0.490 e. The highest BCUT2D eigenvalue weighted by molar-refractivity contribution is 6.32. The maximum atomic E-state index is 12.8. The molecule has 0 aliphatic carbocycles. The summed E-state index contributed by atoms with van der Waals surface area (Å²) in [5.74, 6) is -3.42. The molecule has 2 aromatic rings. The zero-order valence-corrected chi connectivity index (χ0v) is 24.8. The van der Waals surface area contributed by atoms with Gasteiger partial charge < -0.3 is 40.3 Å². The number of anilines is 1. The molecule has 2 saturated heterocycles. The molecule has 2 aliphatic heterocycles. The number of carbonyl (C=O) groups excluding carboxylic acids is 1. The van der Waals surface area contributed by atoms with Crippen LogP contribution in [-0.4, -0.2) is 107 Å². The van der Waals surface area contributed by atoms with Crippen molar-refractivity contribution in [2.24, 2.45) is 0 Å². The fourth-order valence-electron chi connectivity index (χ4n) is 4.92. The number of rotatable bonds is 9. The number of carboxylic acid groups (broad SMARTS) is 2. The summed E-state index contributed by atoms with van der Waals surface area (Å²) < 4.78 is 37.3. The van der Waals surface area contributed by atoms with Crippen molar-refractivity contribution in [3.63, 3.8) is 0 Å². The number of piperidine rings is 1. The number of amides is 1.